The number of nitrogens with zero attached hydrogens (tertiary/aromatic N) is 1. The number of pyridine rings is 1. The average molecular weight is 220 g/mol. The minimum atomic E-state index is 1.08. The Morgan fingerprint density at radius 1 is 1.38 bits per heavy atom. The molecule has 0 unspecified atom stereocenters. The lowest BCUT2D eigenvalue weighted by atomic mass is 10.4. The Balaban J connectivity index is 2.83. The van der Waals surface area contributed by atoms with Crippen LogP contribution in [0.15, 0.2) is 24.5 Å². The molecular formula is C5H5IN2. The van der Waals surface area contributed by atoms with E-state index in [-0.39, 0.29) is 0 Å². The standard InChI is InChI=1S/C5H5IN2/c6-8-5-1-3-7-4-2-5/h1-4H,(H,7,8). The summed E-state index contributed by atoms with van der Waals surface area (Å²) in [5.41, 5.74) is 1.08. The summed E-state index contributed by atoms with van der Waals surface area (Å²) < 4.78 is 2.96. The molecule has 0 bridgehead atoms. The minimum absolute atomic E-state index is 1.08. The van der Waals surface area contributed by atoms with Gasteiger partial charge in [-0.2, -0.15) is 0 Å². The highest BCUT2D eigenvalue weighted by molar-refractivity contribution is 14.1. The Morgan fingerprint density at radius 2 is 2.00 bits per heavy atom. The van der Waals surface area contributed by atoms with E-state index in [2.05, 4.69) is 31.4 Å². The van der Waals surface area contributed by atoms with Crippen molar-refractivity contribution in [3.8, 4) is 0 Å². The second-order valence-corrected chi connectivity index (χ2v) is 1.87. The number of aromatic nitrogens is 1. The number of hydrogen-bond acceptors (Lipinski definition) is 2. The van der Waals surface area contributed by atoms with Crippen LogP contribution in [-0.2, 0) is 0 Å². The second-order valence-electron chi connectivity index (χ2n) is 1.33. The number of hydrogen-bond donors (Lipinski definition) is 1. The van der Waals surface area contributed by atoms with Crippen LogP contribution in [-0.4, -0.2) is 4.98 Å². The molecule has 0 fully saturated rings. The van der Waals surface area contributed by atoms with Crippen molar-refractivity contribution in [1.82, 2.24) is 4.98 Å². The van der Waals surface area contributed by atoms with Gasteiger partial charge < -0.3 is 3.53 Å². The zero-order valence-electron chi connectivity index (χ0n) is 4.13. The molecular weight excluding hydrogens is 215 g/mol. The van der Waals surface area contributed by atoms with Gasteiger partial charge >= 0.3 is 0 Å². The summed E-state index contributed by atoms with van der Waals surface area (Å²) in [6.45, 7) is 0. The molecule has 1 rings (SSSR count). The van der Waals surface area contributed by atoms with Crippen molar-refractivity contribution in [3.63, 3.8) is 0 Å². The van der Waals surface area contributed by atoms with E-state index >= 15 is 0 Å². The summed E-state index contributed by atoms with van der Waals surface area (Å²) in [5, 5.41) is 0. The van der Waals surface area contributed by atoms with E-state index in [4.69, 9.17) is 0 Å². The Labute approximate surface area is 61.8 Å². The highest BCUT2D eigenvalue weighted by Gasteiger charge is 1.80. The molecule has 8 heavy (non-hydrogen) atoms. The van der Waals surface area contributed by atoms with Crippen LogP contribution in [0.5, 0.6) is 0 Å². The van der Waals surface area contributed by atoms with Gasteiger partial charge in [-0.1, -0.05) is 0 Å². The quantitative estimate of drug-likeness (QED) is 0.576. The predicted molar refractivity (Wildman–Crippen MR) is 41.9 cm³/mol. The molecule has 0 radical (unpaired) electrons. The average Bonchev–Trinajstić information content (AvgIpc) is 1.90. The first kappa shape index (κ1) is 5.81. The van der Waals surface area contributed by atoms with Gasteiger partial charge in [0.25, 0.3) is 0 Å². The van der Waals surface area contributed by atoms with E-state index in [1.54, 1.807) is 12.4 Å². The van der Waals surface area contributed by atoms with E-state index in [1.165, 1.54) is 0 Å². The van der Waals surface area contributed by atoms with Crippen LogP contribution in [0.25, 0.3) is 0 Å². The number of halogens is 1. The molecule has 42 valence electrons. The van der Waals surface area contributed by atoms with E-state index in [1.807, 2.05) is 12.1 Å². The molecule has 1 N–H and O–H groups in total. The predicted octanol–water partition coefficient (Wildman–Crippen LogP) is 1.84. The molecule has 0 aliphatic rings. The van der Waals surface area contributed by atoms with Crippen molar-refractivity contribution in [1.29, 1.82) is 0 Å². The van der Waals surface area contributed by atoms with E-state index in [0.717, 1.165) is 5.69 Å². The zero-order chi connectivity index (χ0) is 5.82. The van der Waals surface area contributed by atoms with E-state index < -0.39 is 0 Å². The van der Waals surface area contributed by atoms with Crippen LogP contribution in [0.4, 0.5) is 5.69 Å². The molecule has 1 aromatic rings. The van der Waals surface area contributed by atoms with Crippen LogP contribution < -0.4 is 3.53 Å². The van der Waals surface area contributed by atoms with Crippen LogP contribution in [0.3, 0.4) is 0 Å². The lowest BCUT2D eigenvalue weighted by Gasteiger charge is -1.91. The molecule has 3 heteroatoms. The highest BCUT2D eigenvalue weighted by atomic mass is 127. The monoisotopic (exact) mass is 220 g/mol. The Morgan fingerprint density at radius 3 is 2.38 bits per heavy atom. The third-order valence-electron chi connectivity index (χ3n) is 0.789. The lowest BCUT2D eigenvalue weighted by Crippen LogP contribution is -1.76. The third kappa shape index (κ3) is 1.33. The summed E-state index contributed by atoms with van der Waals surface area (Å²) in [6, 6.07) is 3.82. The topological polar surface area (TPSA) is 24.9 Å². The molecule has 0 atom stereocenters. The SMILES string of the molecule is INc1ccncc1. The number of nitrogens with one attached hydrogen (secondary N) is 1. The van der Waals surface area contributed by atoms with Crippen LogP contribution >= 0.6 is 22.9 Å². The lowest BCUT2D eigenvalue weighted by molar-refractivity contribution is 1.33. The minimum Gasteiger partial charge on any atom is -0.328 e. The van der Waals surface area contributed by atoms with Crippen molar-refractivity contribution in [2.75, 3.05) is 3.53 Å². The van der Waals surface area contributed by atoms with Gasteiger partial charge in [0.1, 0.15) is 0 Å². The normalized spacial score (nSPS) is 8.62. The maximum Gasteiger partial charge on any atom is 0.0560 e. The molecule has 1 aromatic heterocycles. The van der Waals surface area contributed by atoms with Gasteiger partial charge in [0, 0.05) is 18.1 Å². The first-order valence-corrected chi connectivity index (χ1v) is 3.28. The van der Waals surface area contributed by atoms with Gasteiger partial charge in [-0.25, -0.2) is 0 Å². The van der Waals surface area contributed by atoms with Gasteiger partial charge in [-0.15, -0.1) is 0 Å². The molecule has 0 saturated carbocycles. The number of rotatable bonds is 1. The van der Waals surface area contributed by atoms with E-state index in [0.29, 0.717) is 0 Å². The molecule has 0 aromatic carbocycles. The largest absolute Gasteiger partial charge is 0.328 e. The molecule has 0 aliphatic heterocycles. The van der Waals surface area contributed by atoms with Crippen molar-refractivity contribution in [2.45, 2.75) is 0 Å². The fourth-order valence-corrected chi connectivity index (χ4v) is 0.774. The molecule has 0 spiro atoms. The Hall–Kier alpha value is -0.320. The van der Waals surface area contributed by atoms with Crippen molar-refractivity contribution in [2.24, 2.45) is 0 Å². The molecule has 2 nitrogen and oxygen atoms in total. The second kappa shape index (κ2) is 2.86. The maximum absolute atomic E-state index is 3.85. The maximum atomic E-state index is 3.85. The summed E-state index contributed by atoms with van der Waals surface area (Å²) >= 11 is 2.08. The highest BCUT2D eigenvalue weighted by Crippen LogP contribution is 2.04. The van der Waals surface area contributed by atoms with Gasteiger partial charge in [-0.3, -0.25) is 4.98 Å². The molecule has 0 amide bonds. The molecule has 0 saturated heterocycles. The first-order valence-electron chi connectivity index (χ1n) is 2.20. The van der Waals surface area contributed by atoms with Crippen LogP contribution in [0, 0.1) is 0 Å². The zero-order valence-corrected chi connectivity index (χ0v) is 6.29. The molecule has 1 heterocycles. The van der Waals surface area contributed by atoms with Gasteiger partial charge in [-0.05, 0) is 12.1 Å². The summed E-state index contributed by atoms with van der Waals surface area (Å²) in [4.78, 5) is 3.85. The third-order valence-corrected chi connectivity index (χ3v) is 1.41. The Bertz CT molecular complexity index is 152. The van der Waals surface area contributed by atoms with Crippen molar-refractivity contribution >= 4 is 28.6 Å². The smallest absolute Gasteiger partial charge is 0.0560 e. The first-order chi connectivity index (χ1) is 3.93. The fraction of sp³-hybridized carbons (Fsp3) is 0. The summed E-state index contributed by atoms with van der Waals surface area (Å²) in [6.07, 6.45) is 3.50. The van der Waals surface area contributed by atoms with Crippen LogP contribution in [0.1, 0.15) is 0 Å². The van der Waals surface area contributed by atoms with Gasteiger partial charge in [0.15, 0.2) is 0 Å². The van der Waals surface area contributed by atoms with Crippen molar-refractivity contribution < 1.29 is 0 Å². The fourth-order valence-electron chi connectivity index (χ4n) is 0.415. The Kier molecular flexibility index (Phi) is 2.08. The van der Waals surface area contributed by atoms with Gasteiger partial charge in [0.05, 0.1) is 22.9 Å². The van der Waals surface area contributed by atoms with E-state index in [9.17, 15) is 0 Å². The summed E-state index contributed by atoms with van der Waals surface area (Å²) in [5.74, 6) is 0. The van der Waals surface area contributed by atoms with Gasteiger partial charge in [0.2, 0.25) is 0 Å². The summed E-state index contributed by atoms with van der Waals surface area (Å²) in [7, 11) is 0. The number of anilines is 1. The van der Waals surface area contributed by atoms with Crippen molar-refractivity contribution in [3.05, 3.63) is 24.5 Å². The van der Waals surface area contributed by atoms with Crippen LogP contribution in [0.2, 0.25) is 0 Å². The molecule has 0 aliphatic carbocycles.